The van der Waals surface area contributed by atoms with E-state index in [0.29, 0.717) is 24.0 Å². The van der Waals surface area contributed by atoms with Gasteiger partial charge in [0.25, 0.3) is 0 Å². The van der Waals surface area contributed by atoms with Crippen LogP contribution in [0.4, 0.5) is 0 Å². The first-order valence-corrected chi connectivity index (χ1v) is 8.88. The van der Waals surface area contributed by atoms with Crippen molar-refractivity contribution in [1.29, 1.82) is 0 Å². The standard InChI is InChI=1S/C16H14ClNO4S/c17-13-6-1-2-7-15(13)23(21,22)18-14-9-8-10-11(14)4-3-5-12(10)16(19)20/h1-7,14,18H,8-9H2,(H,19,20)/t14-/m0/s1. The lowest BCUT2D eigenvalue weighted by molar-refractivity contribution is 0.0695. The van der Waals surface area contributed by atoms with E-state index in [2.05, 4.69) is 4.72 Å². The van der Waals surface area contributed by atoms with Gasteiger partial charge in [0.05, 0.1) is 10.6 Å². The normalized spacial score (nSPS) is 17.0. The molecule has 0 amide bonds. The molecule has 23 heavy (non-hydrogen) atoms. The lowest BCUT2D eigenvalue weighted by Crippen LogP contribution is -2.27. The fourth-order valence-electron chi connectivity index (χ4n) is 2.89. The summed E-state index contributed by atoms with van der Waals surface area (Å²) in [5.74, 6) is -1.00. The van der Waals surface area contributed by atoms with Crippen molar-refractivity contribution in [1.82, 2.24) is 4.72 Å². The van der Waals surface area contributed by atoms with E-state index in [1.54, 1.807) is 24.3 Å². The van der Waals surface area contributed by atoms with Crippen LogP contribution in [-0.2, 0) is 16.4 Å². The van der Waals surface area contributed by atoms with Crippen LogP contribution in [0.1, 0.15) is 33.9 Å². The van der Waals surface area contributed by atoms with Crippen LogP contribution in [0, 0.1) is 0 Å². The number of fused-ring (bicyclic) bond motifs is 1. The Morgan fingerprint density at radius 2 is 1.91 bits per heavy atom. The molecular weight excluding hydrogens is 338 g/mol. The van der Waals surface area contributed by atoms with Crippen molar-refractivity contribution in [2.45, 2.75) is 23.8 Å². The molecule has 0 saturated carbocycles. The van der Waals surface area contributed by atoms with E-state index in [4.69, 9.17) is 11.6 Å². The van der Waals surface area contributed by atoms with Gasteiger partial charge in [-0.15, -0.1) is 0 Å². The zero-order valence-electron chi connectivity index (χ0n) is 12.0. The maximum Gasteiger partial charge on any atom is 0.335 e. The van der Waals surface area contributed by atoms with Gasteiger partial charge >= 0.3 is 5.97 Å². The Balaban J connectivity index is 1.94. The molecule has 1 aliphatic rings. The van der Waals surface area contributed by atoms with Gasteiger partial charge in [0.15, 0.2) is 0 Å². The third-order valence-corrected chi connectivity index (χ3v) is 5.90. The summed E-state index contributed by atoms with van der Waals surface area (Å²) in [6.45, 7) is 0. The summed E-state index contributed by atoms with van der Waals surface area (Å²) in [5, 5.41) is 9.38. The van der Waals surface area contributed by atoms with Gasteiger partial charge in [0.1, 0.15) is 4.90 Å². The summed E-state index contributed by atoms with van der Waals surface area (Å²) in [6.07, 6.45) is 1.04. The lowest BCUT2D eigenvalue weighted by atomic mass is 10.0. The van der Waals surface area contributed by atoms with Crippen molar-refractivity contribution < 1.29 is 18.3 Å². The van der Waals surface area contributed by atoms with Crippen molar-refractivity contribution in [3.63, 3.8) is 0 Å². The van der Waals surface area contributed by atoms with Gasteiger partial charge in [-0.1, -0.05) is 35.9 Å². The molecule has 0 saturated heterocycles. The molecule has 5 nitrogen and oxygen atoms in total. The summed E-state index contributed by atoms with van der Waals surface area (Å²) in [5.41, 5.74) is 1.62. The highest BCUT2D eigenvalue weighted by Crippen LogP contribution is 2.35. The second-order valence-corrected chi connectivity index (χ2v) is 7.41. The third kappa shape index (κ3) is 2.97. The summed E-state index contributed by atoms with van der Waals surface area (Å²) in [4.78, 5) is 11.3. The van der Waals surface area contributed by atoms with Crippen LogP contribution in [-0.4, -0.2) is 19.5 Å². The fourth-order valence-corrected chi connectivity index (χ4v) is 4.66. The van der Waals surface area contributed by atoms with Crippen LogP contribution < -0.4 is 4.72 Å². The molecule has 1 atom stereocenters. The molecule has 0 fully saturated rings. The molecule has 120 valence electrons. The number of hydrogen-bond donors (Lipinski definition) is 2. The van der Waals surface area contributed by atoms with E-state index in [1.807, 2.05) is 0 Å². The van der Waals surface area contributed by atoms with Crippen LogP contribution in [0.15, 0.2) is 47.4 Å². The molecule has 2 aromatic rings. The molecule has 2 aromatic carbocycles. The highest BCUT2D eigenvalue weighted by molar-refractivity contribution is 7.89. The van der Waals surface area contributed by atoms with Gasteiger partial charge in [-0.05, 0) is 42.2 Å². The zero-order valence-corrected chi connectivity index (χ0v) is 13.6. The molecule has 1 aliphatic carbocycles. The third-order valence-electron chi connectivity index (χ3n) is 3.92. The average molecular weight is 352 g/mol. The summed E-state index contributed by atoms with van der Waals surface area (Å²) in [6, 6.07) is 10.7. The maximum atomic E-state index is 12.5. The summed E-state index contributed by atoms with van der Waals surface area (Å²) >= 11 is 5.96. The number of aromatic carboxylic acids is 1. The fraction of sp³-hybridized carbons (Fsp3) is 0.188. The number of nitrogens with one attached hydrogen (secondary N) is 1. The predicted molar refractivity (Wildman–Crippen MR) is 86.2 cm³/mol. The largest absolute Gasteiger partial charge is 0.478 e. The molecule has 0 spiro atoms. The van der Waals surface area contributed by atoms with Crippen molar-refractivity contribution >= 4 is 27.6 Å². The van der Waals surface area contributed by atoms with E-state index in [-0.39, 0.29) is 15.5 Å². The van der Waals surface area contributed by atoms with Gasteiger partial charge in [0, 0.05) is 6.04 Å². The van der Waals surface area contributed by atoms with Crippen molar-refractivity contribution in [2.24, 2.45) is 0 Å². The number of rotatable bonds is 4. The van der Waals surface area contributed by atoms with Crippen LogP contribution in [0.2, 0.25) is 5.02 Å². The quantitative estimate of drug-likeness (QED) is 0.886. The number of carboxylic acids is 1. The zero-order chi connectivity index (χ0) is 16.6. The van der Waals surface area contributed by atoms with Crippen molar-refractivity contribution in [2.75, 3.05) is 0 Å². The Bertz CT molecular complexity index is 879. The molecule has 0 aromatic heterocycles. The first-order valence-electron chi connectivity index (χ1n) is 7.02. The van der Waals surface area contributed by atoms with Crippen LogP contribution in [0.25, 0.3) is 0 Å². The predicted octanol–water partition coefficient (Wildman–Crippen LogP) is 3.00. The number of hydrogen-bond acceptors (Lipinski definition) is 3. The number of benzene rings is 2. The van der Waals surface area contributed by atoms with Crippen molar-refractivity contribution in [3.8, 4) is 0 Å². The number of carboxylic acid groups (broad SMARTS) is 1. The Kier molecular flexibility index (Phi) is 4.14. The summed E-state index contributed by atoms with van der Waals surface area (Å²) in [7, 11) is -3.78. The first kappa shape index (κ1) is 16.0. The molecule has 0 aliphatic heterocycles. The second kappa shape index (κ2) is 5.96. The van der Waals surface area contributed by atoms with Crippen molar-refractivity contribution in [3.05, 3.63) is 64.2 Å². The average Bonchev–Trinajstić information content (AvgIpc) is 2.90. The van der Waals surface area contributed by atoms with Crippen LogP contribution in [0.5, 0.6) is 0 Å². The Morgan fingerprint density at radius 3 is 2.61 bits per heavy atom. The smallest absolute Gasteiger partial charge is 0.335 e. The van der Waals surface area contributed by atoms with Gasteiger partial charge in [0.2, 0.25) is 10.0 Å². The number of sulfonamides is 1. The van der Waals surface area contributed by atoms with E-state index < -0.39 is 22.0 Å². The van der Waals surface area contributed by atoms with Gasteiger partial charge in [-0.2, -0.15) is 0 Å². The van der Waals surface area contributed by atoms with E-state index in [1.165, 1.54) is 18.2 Å². The van der Waals surface area contributed by atoms with Gasteiger partial charge < -0.3 is 5.11 Å². The van der Waals surface area contributed by atoms with Gasteiger partial charge in [-0.25, -0.2) is 17.9 Å². The molecule has 0 radical (unpaired) electrons. The summed E-state index contributed by atoms with van der Waals surface area (Å²) < 4.78 is 27.7. The highest BCUT2D eigenvalue weighted by Gasteiger charge is 2.30. The van der Waals surface area contributed by atoms with Crippen LogP contribution >= 0.6 is 11.6 Å². The molecule has 0 unspecified atom stereocenters. The minimum Gasteiger partial charge on any atom is -0.478 e. The number of halogens is 1. The Labute approximate surface area is 139 Å². The Hall–Kier alpha value is -1.89. The van der Waals surface area contributed by atoms with E-state index in [0.717, 1.165) is 0 Å². The Morgan fingerprint density at radius 1 is 1.17 bits per heavy atom. The minimum atomic E-state index is -3.78. The maximum absolute atomic E-state index is 12.5. The van der Waals surface area contributed by atoms with E-state index in [9.17, 15) is 18.3 Å². The highest BCUT2D eigenvalue weighted by atomic mass is 35.5. The molecule has 7 heteroatoms. The van der Waals surface area contributed by atoms with Gasteiger partial charge in [-0.3, -0.25) is 0 Å². The molecule has 0 bridgehead atoms. The van der Waals surface area contributed by atoms with E-state index >= 15 is 0 Å². The lowest BCUT2D eigenvalue weighted by Gasteiger charge is -2.15. The first-order chi connectivity index (χ1) is 10.9. The molecular formula is C16H14ClNO4S. The second-order valence-electron chi connectivity index (χ2n) is 5.32. The monoisotopic (exact) mass is 351 g/mol. The molecule has 0 heterocycles. The van der Waals surface area contributed by atoms with Crippen LogP contribution in [0.3, 0.4) is 0 Å². The molecule has 2 N–H and O–H groups in total. The minimum absolute atomic E-state index is 0.0181. The number of carbonyl (C=O) groups is 1. The molecule has 3 rings (SSSR count). The topological polar surface area (TPSA) is 83.5 Å². The SMILES string of the molecule is O=C(O)c1cccc2c1CC[C@@H]2NS(=O)(=O)c1ccccc1Cl.